The number of hydrogen-bond acceptors (Lipinski definition) is 15. The number of carboxylic acids is 3. The minimum Gasteiger partial charge on any atom is -0.545 e. The Balaban J connectivity index is 0.000000743. The molecule has 0 spiro atoms. The molecule has 3 rings (SSSR count). The molecule has 0 amide bonds. The fraction of sp³-hybridized carbons (Fsp3) is 0.273. The Bertz CT molecular complexity index is 1580. The second-order valence-corrected chi connectivity index (χ2v) is 10.4. The molecule has 0 aromatic heterocycles. The van der Waals surface area contributed by atoms with Crippen LogP contribution in [0.4, 0.5) is 0 Å². The predicted octanol–water partition coefficient (Wildman–Crippen LogP) is 2.70. The summed E-state index contributed by atoms with van der Waals surface area (Å²) in [5.74, 6) is -7.06. The molecule has 0 bridgehead atoms. The summed E-state index contributed by atoms with van der Waals surface area (Å²) in [5, 5.41) is 33.1. The maximum atomic E-state index is 10.9. The molecule has 15 nitrogen and oxygen atoms in total. The average Bonchev–Trinajstić information content (AvgIpc) is 3.02. The molecule has 52 heavy (non-hydrogen) atoms. The summed E-state index contributed by atoms with van der Waals surface area (Å²) in [6, 6.07) is 7.59. The molecule has 19 heteroatoms. The van der Waals surface area contributed by atoms with Crippen LogP contribution in [0.5, 0.6) is 34.5 Å². The van der Waals surface area contributed by atoms with Crippen molar-refractivity contribution in [3.63, 3.8) is 0 Å². The Labute approximate surface area is 323 Å². The van der Waals surface area contributed by atoms with Gasteiger partial charge in [-0.05, 0) is 57.2 Å². The quantitative estimate of drug-likeness (QED) is 0.146. The van der Waals surface area contributed by atoms with E-state index in [1.54, 1.807) is 20.8 Å². The fourth-order valence-electron chi connectivity index (χ4n) is 3.67. The third kappa shape index (κ3) is 14.1. The Morgan fingerprint density at radius 2 is 0.673 bits per heavy atom. The van der Waals surface area contributed by atoms with Crippen LogP contribution in [0, 0.1) is 0 Å². The summed E-state index contributed by atoms with van der Waals surface area (Å²) in [7, 11) is 0. The van der Waals surface area contributed by atoms with E-state index in [2.05, 4.69) is 0 Å². The Hall–Kier alpha value is -4.72. The largest absolute Gasteiger partial charge is 3.00 e. The van der Waals surface area contributed by atoms with E-state index in [-0.39, 0.29) is 103 Å². The summed E-state index contributed by atoms with van der Waals surface area (Å²) in [5.41, 5.74) is -0.853. The maximum absolute atomic E-state index is 10.9. The second kappa shape index (κ2) is 23.0. The molecule has 276 valence electrons. The van der Waals surface area contributed by atoms with Crippen LogP contribution in [0.2, 0.25) is 15.1 Å². The van der Waals surface area contributed by atoms with Crippen molar-refractivity contribution in [3.8, 4) is 34.5 Å². The average molecular weight is 800 g/mol. The van der Waals surface area contributed by atoms with Crippen molar-refractivity contribution in [1.82, 2.24) is 0 Å². The van der Waals surface area contributed by atoms with Gasteiger partial charge in [0.05, 0.1) is 52.8 Å². The van der Waals surface area contributed by atoms with Gasteiger partial charge in [-0.15, -0.1) is 0 Å². The van der Waals surface area contributed by atoms with Gasteiger partial charge >= 0.3 is 35.3 Å². The van der Waals surface area contributed by atoms with Crippen LogP contribution in [-0.2, 0) is 14.4 Å². The number of halogens is 3. The van der Waals surface area contributed by atoms with Gasteiger partial charge in [-0.25, -0.2) is 0 Å². The van der Waals surface area contributed by atoms with Crippen LogP contribution in [0.15, 0.2) is 36.4 Å². The number of carbonyl (C=O) groups excluding carboxylic acids is 6. The Morgan fingerprint density at radius 3 is 0.827 bits per heavy atom. The second-order valence-electron chi connectivity index (χ2n) is 9.20. The minimum atomic E-state index is -1.47. The molecule has 3 aromatic carbocycles. The van der Waals surface area contributed by atoms with Crippen LogP contribution >= 0.6 is 34.8 Å². The molecule has 0 heterocycles. The molecule has 0 unspecified atom stereocenters. The topological polar surface area (TPSA) is 227 Å². The van der Waals surface area contributed by atoms with E-state index in [1.807, 2.05) is 0 Å². The van der Waals surface area contributed by atoms with Crippen molar-refractivity contribution in [3.05, 3.63) is 68.2 Å². The number of benzene rings is 3. The van der Waals surface area contributed by atoms with Crippen molar-refractivity contribution in [1.29, 1.82) is 0 Å². The SMILES string of the molecule is CCOc1c(Cl)ccc(C(=O)[O-])c1OC(C)=O.CCOc1c(Cl)ccc(C(=O)[O-])c1OC(C)=O.CCOc1c(Cl)ccc(C(=O)[O-])c1OC(C)=O.[Al+3]. The predicted molar refractivity (Wildman–Crippen MR) is 181 cm³/mol. The van der Waals surface area contributed by atoms with E-state index in [0.717, 1.165) is 20.8 Å². The zero-order chi connectivity index (χ0) is 39.0. The Kier molecular flexibility index (Phi) is 20.9. The number of aromatic carboxylic acids is 3. The van der Waals surface area contributed by atoms with E-state index in [1.165, 1.54) is 36.4 Å². The first kappa shape index (κ1) is 47.3. The van der Waals surface area contributed by atoms with Gasteiger partial charge in [0.1, 0.15) is 0 Å². The van der Waals surface area contributed by atoms with Gasteiger partial charge in [-0.3, -0.25) is 14.4 Å². The van der Waals surface area contributed by atoms with Gasteiger partial charge in [0.25, 0.3) is 0 Å². The van der Waals surface area contributed by atoms with E-state index in [0.29, 0.717) is 0 Å². The molecule has 0 aliphatic carbocycles. The van der Waals surface area contributed by atoms with Crippen LogP contribution in [0.1, 0.15) is 72.6 Å². The molecule has 3 aromatic rings. The summed E-state index contributed by atoms with van der Waals surface area (Å²) in [4.78, 5) is 65.4. The van der Waals surface area contributed by atoms with Crippen LogP contribution in [0.3, 0.4) is 0 Å². The first-order valence-corrected chi connectivity index (χ1v) is 15.6. The van der Waals surface area contributed by atoms with E-state index in [4.69, 9.17) is 63.2 Å². The third-order valence-corrected chi connectivity index (χ3v) is 6.35. The summed E-state index contributed by atoms with van der Waals surface area (Å²) in [6.07, 6.45) is 0. The third-order valence-electron chi connectivity index (χ3n) is 5.46. The van der Waals surface area contributed by atoms with Gasteiger partial charge in [-0.1, -0.05) is 34.8 Å². The first-order valence-electron chi connectivity index (χ1n) is 14.5. The molecule has 0 radical (unpaired) electrons. The van der Waals surface area contributed by atoms with Gasteiger partial charge in [0.2, 0.25) is 0 Å². The van der Waals surface area contributed by atoms with Gasteiger partial charge < -0.3 is 58.1 Å². The molecule has 0 saturated heterocycles. The molecule has 0 aliphatic rings. The van der Waals surface area contributed by atoms with Gasteiger partial charge in [0, 0.05) is 37.5 Å². The smallest absolute Gasteiger partial charge is 0.545 e. The van der Waals surface area contributed by atoms with Gasteiger partial charge in [0.15, 0.2) is 34.5 Å². The number of carboxylic acid groups (broad SMARTS) is 3. The normalized spacial score (nSPS) is 9.63. The first-order chi connectivity index (χ1) is 23.9. The summed E-state index contributed by atoms with van der Waals surface area (Å²) in [6.45, 7) is 9.29. The van der Waals surface area contributed by atoms with Crippen LogP contribution < -0.4 is 43.7 Å². The standard InChI is InChI=1S/3C11H11ClO5.Al/c3*1-3-16-10-8(12)5-4-7(11(14)15)9(10)17-6(2)13;/h3*4-5H,3H2,1-2H3,(H,14,15);/q;;;+3/p-3. The fourth-order valence-corrected chi connectivity index (χ4v) is 4.28. The van der Waals surface area contributed by atoms with E-state index < -0.39 is 35.8 Å². The number of carbonyl (C=O) groups is 6. The number of ether oxygens (including phenoxy) is 6. The number of esters is 3. The molecule has 0 atom stereocenters. The van der Waals surface area contributed by atoms with Gasteiger partial charge in [-0.2, -0.15) is 0 Å². The number of rotatable bonds is 12. The van der Waals surface area contributed by atoms with Crippen molar-refractivity contribution >= 4 is 88.0 Å². The van der Waals surface area contributed by atoms with Crippen molar-refractivity contribution in [2.75, 3.05) is 19.8 Å². The number of hydrogen-bond donors (Lipinski definition) is 0. The minimum absolute atomic E-state index is 0. The molecule has 0 aliphatic heterocycles. The summed E-state index contributed by atoms with van der Waals surface area (Å²) < 4.78 is 29.9. The van der Waals surface area contributed by atoms with Crippen LogP contribution in [0.25, 0.3) is 0 Å². The molecule has 0 N–H and O–H groups in total. The molecule has 0 saturated carbocycles. The molecular formula is C33H30AlCl3O15. The monoisotopic (exact) mass is 798 g/mol. The summed E-state index contributed by atoms with van der Waals surface area (Å²) >= 11 is 17.5. The molecular weight excluding hydrogens is 770 g/mol. The zero-order valence-corrected chi connectivity index (χ0v) is 31.8. The Morgan fingerprint density at radius 1 is 0.462 bits per heavy atom. The molecule has 0 fully saturated rings. The van der Waals surface area contributed by atoms with E-state index >= 15 is 0 Å². The maximum Gasteiger partial charge on any atom is 3.00 e. The zero-order valence-electron chi connectivity index (χ0n) is 28.4. The van der Waals surface area contributed by atoms with Crippen molar-refractivity contribution < 1.29 is 72.5 Å². The van der Waals surface area contributed by atoms with Crippen LogP contribution in [-0.4, -0.2) is 73.0 Å². The van der Waals surface area contributed by atoms with E-state index in [9.17, 15) is 44.1 Å². The van der Waals surface area contributed by atoms with Crippen molar-refractivity contribution in [2.24, 2.45) is 0 Å². The van der Waals surface area contributed by atoms with Crippen molar-refractivity contribution in [2.45, 2.75) is 41.5 Å².